The SMILES string of the molecule is CCCNc1ccc2c(cnn2Cc2ccc(OC)cc2)c1. The Morgan fingerprint density at radius 1 is 1.14 bits per heavy atom. The molecule has 0 spiro atoms. The molecule has 114 valence electrons. The summed E-state index contributed by atoms with van der Waals surface area (Å²) < 4.78 is 7.22. The number of methoxy groups -OCH3 is 1. The van der Waals surface area contributed by atoms with E-state index in [2.05, 4.69) is 47.7 Å². The predicted octanol–water partition coefficient (Wildman–Crippen LogP) is 3.92. The fraction of sp³-hybridized carbons (Fsp3) is 0.278. The lowest BCUT2D eigenvalue weighted by Crippen LogP contribution is -2.02. The summed E-state index contributed by atoms with van der Waals surface area (Å²) in [6.07, 6.45) is 3.05. The van der Waals surface area contributed by atoms with E-state index in [1.807, 2.05) is 23.0 Å². The highest BCUT2D eigenvalue weighted by molar-refractivity contribution is 5.82. The minimum Gasteiger partial charge on any atom is -0.497 e. The van der Waals surface area contributed by atoms with Crippen LogP contribution >= 0.6 is 0 Å². The number of benzene rings is 2. The van der Waals surface area contributed by atoms with E-state index in [1.165, 1.54) is 5.56 Å². The second-order valence-corrected chi connectivity index (χ2v) is 5.35. The first-order valence-corrected chi connectivity index (χ1v) is 7.62. The summed E-state index contributed by atoms with van der Waals surface area (Å²) in [5.74, 6) is 0.876. The Hall–Kier alpha value is -2.49. The highest BCUT2D eigenvalue weighted by Gasteiger charge is 2.05. The second kappa shape index (κ2) is 6.52. The number of nitrogens with one attached hydrogen (secondary N) is 1. The van der Waals surface area contributed by atoms with E-state index < -0.39 is 0 Å². The number of hydrogen-bond acceptors (Lipinski definition) is 3. The molecule has 1 N–H and O–H groups in total. The molecule has 0 atom stereocenters. The van der Waals surface area contributed by atoms with Gasteiger partial charge in [-0.3, -0.25) is 4.68 Å². The third kappa shape index (κ3) is 3.06. The molecule has 4 nitrogen and oxygen atoms in total. The zero-order valence-corrected chi connectivity index (χ0v) is 13.0. The Balaban J connectivity index is 1.81. The molecule has 0 unspecified atom stereocenters. The van der Waals surface area contributed by atoms with E-state index >= 15 is 0 Å². The molecular weight excluding hydrogens is 274 g/mol. The van der Waals surface area contributed by atoms with Gasteiger partial charge in [-0.05, 0) is 42.3 Å². The van der Waals surface area contributed by atoms with Crippen LogP contribution in [-0.2, 0) is 6.54 Å². The Morgan fingerprint density at radius 3 is 2.68 bits per heavy atom. The summed E-state index contributed by atoms with van der Waals surface area (Å²) in [5, 5.41) is 9.08. The number of aromatic nitrogens is 2. The summed E-state index contributed by atoms with van der Waals surface area (Å²) >= 11 is 0. The molecule has 3 rings (SSSR count). The smallest absolute Gasteiger partial charge is 0.118 e. The summed E-state index contributed by atoms with van der Waals surface area (Å²) in [5.41, 5.74) is 3.51. The van der Waals surface area contributed by atoms with Crippen LogP contribution in [0.25, 0.3) is 10.9 Å². The topological polar surface area (TPSA) is 39.1 Å². The Morgan fingerprint density at radius 2 is 1.95 bits per heavy atom. The second-order valence-electron chi connectivity index (χ2n) is 5.35. The van der Waals surface area contributed by atoms with E-state index in [0.29, 0.717) is 0 Å². The van der Waals surface area contributed by atoms with Gasteiger partial charge in [0.25, 0.3) is 0 Å². The van der Waals surface area contributed by atoms with Crippen molar-refractivity contribution in [2.45, 2.75) is 19.9 Å². The lowest BCUT2D eigenvalue weighted by molar-refractivity contribution is 0.414. The zero-order chi connectivity index (χ0) is 15.4. The number of ether oxygens (including phenoxy) is 1. The molecule has 0 aliphatic heterocycles. The predicted molar refractivity (Wildman–Crippen MR) is 90.6 cm³/mol. The molecule has 0 radical (unpaired) electrons. The van der Waals surface area contributed by atoms with Crippen LogP contribution in [0.5, 0.6) is 5.75 Å². The van der Waals surface area contributed by atoms with Gasteiger partial charge < -0.3 is 10.1 Å². The lowest BCUT2D eigenvalue weighted by atomic mass is 10.2. The van der Waals surface area contributed by atoms with Gasteiger partial charge in [-0.2, -0.15) is 5.10 Å². The van der Waals surface area contributed by atoms with Crippen molar-refractivity contribution in [2.24, 2.45) is 0 Å². The fourth-order valence-electron chi connectivity index (χ4n) is 2.50. The van der Waals surface area contributed by atoms with Crippen LogP contribution in [0, 0.1) is 0 Å². The minimum atomic E-state index is 0.759. The van der Waals surface area contributed by atoms with Crippen molar-refractivity contribution in [3.05, 3.63) is 54.2 Å². The molecule has 1 heterocycles. The highest BCUT2D eigenvalue weighted by Crippen LogP contribution is 2.20. The van der Waals surface area contributed by atoms with Gasteiger partial charge in [0.2, 0.25) is 0 Å². The summed E-state index contributed by atoms with van der Waals surface area (Å²) in [4.78, 5) is 0. The van der Waals surface area contributed by atoms with Crippen molar-refractivity contribution in [1.29, 1.82) is 0 Å². The van der Waals surface area contributed by atoms with E-state index in [0.717, 1.165) is 41.9 Å². The van der Waals surface area contributed by atoms with Gasteiger partial charge in [-0.25, -0.2) is 0 Å². The summed E-state index contributed by atoms with van der Waals surface area (Å²) in [7, 11) is 1.68. The number of nitrogens with zero attached hydrogens (tertiary/aromatic N) is 2. The standard InChI is InChI=1S/C18H21N3O/c1-3-10-19-16-6-9-18-15(11-16)12-20-21(18)13-14-4-7-17(22-2)8-5-14/h4-9,11-12,19H,3,10,13H2,1-2H3. The molecule has 0 bridgehead atoms. The maximum absolute atomic E-state index is 5.19. The number of fused-ring (bicyclic) bond motifs is 1. The van der Waals surface area contributed by atoms with Crippen LogP contribution in [0.1, 0.15) is 18.9 Å². The maximum Gasteiger partial charge on any atom is 0.118 e. The third-order valence-corrected chi connectivity index (χ3v) is 3.71. The monoisotopic (exact) mass is 295 g/mol. The van der Waals surface area contributed by atoms with Crippen molar-refractivity contribution in [3.8, 4) is 5.75 Å². The first kappa shape index (κ1) is 14.4. The third-order valence-electron chi connectivity index (χ3n) is 3.71. The van der Waals surface area contributed by atoms with Gasteiger partial charge in [0.1, 0.15) is 5.75 Å². The highest BCUT2D eigenvalue weighted by atomic mass is 16.5. The zero-order valence-electron chi connectivity index (χ0n) is 13.0. The molecule has 2 aromatic carbocycles. The van der Waals surface area contributed by atoms with Gasteiger partial charge in [-0.1, -0.05) is 19.1 Å². The Bertz CT molecular complexity index is 747. The van der Waals surface area contributed by atoms with Gasteiger partial charge in [0.05, 0.1) is 25.4 Å². The molecule has 0 saturated heterocycles. The molecule has 4 heteroatoms. The summed E-state index contributed by atoms with van der Waals surface area (Å²) in [6, 6.07) is 14.5. The molecule has 0 amide bonds. The van der Waals surface area contributed by atoms with Gasteiger partial charge in [0.15, 0.2) is 0 Å². The van der Waals surface area contributed by atoms with Gasteiger partial charge in [0, 0.05) is 17.6 Å². The maximum atomic E-state index is 5.19. The Kier molecular flexibility index (Phi) is 4.28. The molecule has 22 heavy (non-hydrogen) atoms. The van der Waals surface area contributed by atoms with Crippen LogP contribution in [-0.4, -0.2) is 23.4 Å². The Labute approximate surface area is 130 Å². The van der Waals surface area contributed by atoms with E-state index in [4.69, 9.17) is 4.74 Å². The van der Waals surface area contributed by atoms with E-state index in [9.17, 15) is 0 Å². The molecular formula is C18H21N3O. The van der Waals surface area contributed by atoms with Crippen molar-refractivity contribution < 1.29 is 4.74 Å². The van der Waals surface area contributed by atoms with Crippen LogP contribution in [0.4, 0.5) is 5.69 Å². The van der Waals surface area contributed by atoms with Crippen LogP contribution in [0.15, 0.2) is 48.7 Å². The molecule has 0 fully saturated rings. The molecule has 3 aromatic rings. The van der Waals surface area contributed by atoms with Crippen molar-refractivity contribution in [2.75, 3.05) is 19.0 Å². The first-order chi connectivity index (χ1) is 10.8. The van der Waals surface area contributed by atoms with Crippen molar-refractivity contribution in [1.82, 2.24) is 9.78 Å². The molecule has 0 aliphatic carbocycles. The largest absolute Gasteiger partial charge is 0.497 e. The number of hydrogen-bond donors (Lipinski definition) is 1. The summed E-state index contributed by atoms with van der Waals surface area (Å²) in [6.45, 7) is 3.92. The van der Waals surface area contributed by atoms with Gasteiger partial charge in [-0.15, -0.1) is 0 Å². The normalized spacial score (nSPS) is 10.8. The van der Waals surface area contributed by atoms with Crippen molar-refractivity contribution >= 4 is 16.6 Å². The molecule has 0 aliphatic rings. The quantitative estimate of drug-likeness (QED) is 0.749. The van der Waals surface area contributed by atoms with Gasteiger partial charge >= 0.3 is 0 Å². The molecule has 1 aromatic heterocycles. The van der Waals surface area contributed by atoms with E-state index in [-0.39, 0.29) is 0 Å². The number of anilines is 1. The molecule has 0 saturated carbocycles. The average Bonchev–Trinajstić information content (AvgIpc) is 2.96. The van der Waals surface area contributed by atoms with Crippen LogP contribution in [0.3, 0.4) is 0 Å². The first-order valence-electron chi connectivity index (χ1n) is 7.62. The van der Waals surface area contributed by atoms with Crippen LogP contribution in [0.2, 0.25) is 0 Å². The minimum absolute atomic E-state index is 0.759. The lowest BCUT2D eigenvalue weighted by Gasteiger charge is -2.07. The van der Waals surface area contributed by atoms with E-state index in [1.54, 1.807) is 7.11 Å². The van der Waals surface area contributed by atoms with Crippen molar-refractivity contribution in [3.63, 3.8) is 0 Å². The van der Waals surface area contributed by atoms with Crippen LogP contribution < -0.4 is 10.1 Å². The average molecular weight is 295 g/mol. The number of rotatable bonds is 6. The fourth-order valence-corrected chi connectivity index (χ4v) is 2.50.